The van der Waals surface area contributed by atoms with E-state index in [9.17, 15) is 0 Å². The van der Waals surface area contributed by atoms with Crippen LogP contribution < -0.4 is 0 Å². The van der Waals surface area contributed by atoms with Crippen LogP contribution in [-0.4, -0.2) is 4.98 Å². The Morgan fingerprint density at radius 3 is 1.75 bits per heavy atom. The van der Waals surface area contributed by atoms with Crippen LogP contribution >= 0.6 is 0 Å². The maximum atomic E-state index is 6.41. The van der Waals surface area contributed by atoms with Gasteiger partial charge < -0.3 is 8.83 Å². The summed E-state index contributed by atoms with van der Waals surface area (Å²) >= 11 is 0. The first-order valence-corrected chi connectivity index (χ1v) is 10.6. The molecule has 0 saturated carbocycles. The topological polar surface area (TPSA) is 39.2 Å². The molecule has 0 fully saturated rings. The van der Waals surface area contributed by atoms with Gasteiger partial charge in [0.2, 0.25) is 0 Å². The largest absolute Gasteiger partial charge is 0.455 e. The molecule has 0 atom stereocenters. The van der Waals surface area contributed by atoms with Crippen LogP contribution in [0.25, 0.3) is 66.3 Å². The number of hydrogen-bond donors (Lipinski definition) is 0. The van der Waals surface area contributed by atoms with Gasteiger partial charge in [0.25, 0.3) is 0 Å². The van der Waals surface area contributed by atoms with Crippen molar-refractivity contribution in [3.8, 4) is 22.4 Å². The van der Waals surface area contributed by atoms with Crippen molar-refractivity contribution in [2.75, 3.05) is 0 Å². The molecule has 7 rings (SSSR count). The van der Waals surface area contributed by atoms with E-state index in [2.05, 4.69) is 53.5 Å². The van der Waals surface area contributed by atoms with Gasteiger partial charge in [-0.15, -0.1) is 0 Å². The molecule has 0 N–H and O–H groups in total. The van der Waals surface area contributed by atoms with E-state index in [0.29, 0.717) is 0 Å². The van der Waals surface area contributed by atoms with E-state index in [1.54, 1.807) is 0 Å². The Bertz CT molecular complexity index is 1690. The van der Waals surface area contributed by atoms with Gasteiger partial charge in [-0.05, 0) is 35.9 Å². The number of nitrogens with zero attached hydrogens (tertiary/aromatic N) is 1. The van der Waals surface area contributed by atoms with Crippen molar-refractivity contribution in [1.29, 1.82) is 0 Å². The highest BCUT2D eigenvalue weighted by atomic mass is 16.3. The van der Waals surface area contributed by atoms with Gasteiger partial charge in [0, 0.05) is 33.3 Å². The van der Waals surface area contributed by atoms with E-state index in [-0.39, 0.29) is 0 Å². The molecule has 0 aliphatic carbocycles. The maximum Gasteiger partial charge on any atom is 0.147 e. The van der Waals surface area contributed by atoms with Crippen LogP contribution in [0.4, 0.5) is 0 Å². The van der Waals surface area contributed by atoms with Gasteiger partial charge in [-0.25, -0.2) is 0 Å². The quantitative estimate of drug-likeness (QED) is 0.288. The second kappa shape index (κ2) is 6.56. The molecule has 32 heavy (non-hydrogen) atoms. The first-order chi connectivity index (χ1) is 15.9. The fourth-order valence-corrected chi connectivity index (χ4v) is 4.65. The third-order valence-electron chi connectivity index (χ3n) is 6.13. The van der Waals surface area contributed by atoms with Gasteiger partial charge in [-0.3, -0.25) is 4.98 Å². The van der Waals surface area contributed by atoms with Gasteiger partial charge in [0.1, 0.15) is 22.3 Å². The van der Waals surface area contributed by atoms with Crippen LogP contribution in [-0.2, 0) is 0 Å². The third kappa shape index (κ3) is 2.45. The zero-order valence-electron chi connectivity index (χ0n) is 17.1. The van der Waals surface area contributed by atoms with Crippen molar-refractivity contribution in [3.63, 3.8) is 0 Å². The smallest absolute Gasteiger partial charge is 0.147 e. The number of rotatable bonds is 2. The number of aromatic nitrogens is 1. The fourth-order valence-electron chi connectivity index (χ4n) is 4.65. The second-order valence-corrected chi connectivity index (χ2v) is 8.00. The van der Waals surface area contributed by atoms with Crippen LogP contribution in [0.2, 0.25) is 0 Å². The van der Waals surface area contributed by atoms with Crippen LogP contribution in [0, 0.1) is 0 Å². The third-order valence-corrected chi connectivity index (χ3v) is 6.13. The normalized spacial score (nSPS) is 11.8. The van der Waals surface area contributed by atoms with Crippen molar-refractivity contribution in [2.45, 2.75) is 0 Å². The molecule has 0 saturated heterocycles. The molecular weight excluding hydrogens is 394 g/mol. The standard InChI is InChI=1S/C29H17NO2/c1-2-8-18(9-3-1)24-16-19(14-15-30-24)27-28-22(20-10-4-6-12-25(20)31-28)17-23-21-11-5-7-13-26(21)32-29(23)27/h1-17H. The van der Waals surface area contributed by atoms with Crippen molar-refractivity contribution in [2.24, 2.45) is 0 Å². The van der Waals surface area contributed by atoms with Crippen molar-refractivity contribution in [1.82, 2.24) is 4.98 Å². The fraction of sp³-hybridized carbons (Fsp3) is 0. The SMILES string of the molecule is c1ccc(-c2cc(-c3c4oc5ccccc5c4cc4c3oc3ccccc34)ccn2)cc1. The lowest BCUT2D eigenvalue weighted by Crippen LogP contribution is -1.86. The molecule has 0 aliphatic heterocycles. The number of fused-ring (bicyclic) bond motifs is 6. The van der Waals surface area contributed by atoms with Gasteiger partial charge in [0.15, 0.2) is 0 Å². The summed E-state index contributed by atoms with van der Waals surface area (Å²) in [6.07, 6.45) is 1.85. The number of hydrogen-bond acceptors (Lipinski definition) is 3. The molecule has 0 aliphatic rings. The van der Waals surface area contributed by atoms with Gasteiger partial charge in [-0.1, -0.05) is 66.7 Å². The molecular formula is C29H17NO2. The number of furan rings is 2. The Morgan fingerprint density at radius 1 is 0.500 bits per heavy atom. The van der Waals surface area contributed by atoms with Crippen LogP contribution in [0.15, 0.2) is 112 Å². The predicted molar refractivity (Wildman–Crippen MR) is 130 cm³/mol. The first-order valence-electron chi connectivity index (χ1n) is 10.6. The lowest BCUT2D eigenvalue weighted by Gasteiger charge is -2.07. The summed E-state index contributed by atoms with van der Waals surface area (Å²) in [5.41, 5.74) is 7.39. The zero-order valence-corrected chi connectivity index (χ0v) is 17.1. The molecule has 150 valence electrons. The summed E-state index contributed by atoms with van der Waals surface area (Å²) in [4.78, 5) is 4.62. The highest BCUT2D eigenvalue weighted by Crippen LogP contribution is 2.44. The summed E-state index contributed by atoms with van der Waals surface area (Å²) in [6, 6.07) is 32.9. The average Bonchev–Trinajstić information content (AvgIpc) is 3.41. The molecule has 4 aromatic carbocycles. The molecule has 0 spiro atoms. The van der Waals surface area contributed by atoms with E-state index >= 15 is 0 Å². The highest BCUT2D eigenvalue weighted by Gasteiger charge is 2.21. The number of pyridine rings is 1. The van der Waals surface area contributed by atoms with Crippen LogP contribution in [0.1, 0.15) is 0 Å². The monoisotopic (exact) mass is 411 g/mol. The Balaban J connectivity index is 1.64. The molecule has 0 unspecified atom stereocenters. The minimum Gasteiger partial charge on any atom is -0.455 e. The lowest BCUT2D eigenvalue weighted by atomic mass is 9.98. The maximum absolute atomic E-state index is 6.41. The number of para-hydroxylation sites is 2. The summed E-state index contributed by atoms with van der Waals surface area (Å²) in [7, 11) is 0. The minimum absolute atomic E-state index is 0.836. The van der Waals surface area contributed by atoms with Gasteiger partial charge >= 0.3 is 0 Å². The van der Waals surface area contributed by atoms with Crippen molar-refractivity contribution >= 4 is 43.9 Å². The van der Waals surface area contributed by atoms with Crippen LogP contribution in [0.5, 0.6) is 0 Å². The molecule has 0 radical (unpaired) electrons. The van der Waals surface area contributed by atoms with Gasteiger partial charge in [0.05, 0.1) is 11.3 Å². The average molecular weight is 411 g/mol. The molecule has 3 aromatic heterocycles. The van der Waals surface area contributed by atoms with Crippen LogP contribution in [0.3, 0.4) is 0 Å². The molecule has 3 heteroatoms. The van der Waals surface area contributed by atoms with E-state index < -0.39 is 0 Å². The Hall–Kier alpha value is -4.37. The molecule has 0 bridgehead atoms. The Morgan fingerprint density at radius 2 is 1.09 bits per heavy atom. The Kier molecular flexibility index (Phi) is 3.55. The van der Waals surface area contributed by atoms with E-state index in [1.165, 1.54) is 0 Å². The van der Waals surface area contributed by atoms with Gasteiger partial charge in [-0.2, -0.15) is 0 Å². The molecule has 7 aromatic rings. The van der Waals surface area contributed by atoms with Crippen molar-refractivity contribution in [3.05, 3.63) is 103 Å². The Labute approximate surface area is 183 Å². The number of benzene rings is 4. The van der Waals surface area contributed by atoms with E-state index in [0.717, 1.165) is 66.3 Å². The second-order valence-electron chi connectivity index (χ2n) is 8.00. The minimum atomic E-state index is 0.836. The summed E-state index contributed by atoms with van der Waals surface area (Å²) in [6.45, 7) is 0. The summed E-state index contributed by atoms with van der Waals surface area (Å²) in [5.74, 6) is 0. The predicted octanol–water partition coefficient (Wildman–Crippen LogP) is 8.21. The summed E-state index contributed by atoms with van der Waals surface area (Å²) < 4.78 is 12.8. The highest BCUT2D eigenvalue weighted by molar-refractivity contribution is 6.21. The molecule has 3 nitrogen and oxygen atoms in total. The zero-order chi connectivity index (χ0) is 21.1. The lowest BCUT2D eigenvalue weighted by molar-refractivity contribution is 0.658. The molecule has 0 amide bonds. The van der Waals surface area contributed by atoms with E-state index in [4.69, 9.17) is 8.83 Å². The first kappa shape index (κ1) is 17.3. The summed E-state index contributed by atoms with van der Waals surface area (Å²) in [5, 5.41) is 4.39. The molecule has 3 heterocycles. The van der Waals surface area contributed by atoms with E-state index in [1.807, 2.05) is 54.7 Å². The van der Waals surface area contributed by atoms with Crippen molar-refractivity contribution < 1.29 is 8.83 Å².